The molecule has 266 valence electrons. The van der Waals surface area contributed by atoms with E-state index in [1.165, 1.54) is 0 Å². The average molecular weight is 687 g/mol. The summed E-state index contributed by atoms with van der Waals surface area (Å²) in [5.41, 5.74) is -2.54. The van der Waals surface area contributed by atoms with E-state index in [9.17, 15) is 28.8 Å². The van der Waals surface area contributed by atoms with Crippen molar-refractivity contribution in [2.24, 2.45) is 22.7 Å². The summed E-state index contributed by atoms with van der Waals surface area (Å²) < 4.78 is 25.8. The minimum Gasteiger partial charge on any atom is -0.453 e. The van der Waals surface area contributed by atoms with E-state index in [1.54, 1.807) is 65.8 Å². The first kappa shape index (κ1) is 35.5. The standard InChI is InChI=1S/C40H46O10/c1-11-19(3)33(43)47-31-29-23(7)35(45)49-39(29,17-25-15-27(41)13-21(5)37(25,31)9)40-18-26-16-28(42)14-22(6)38(26,10)32(48-34(44)20(4)12-2)30(40)24(8)36(46)50-40/h11-12,15-16,21-22,31-32H,13-14,17-18H2,1-10H3/b19-11-,20-12-/t21-,22-,31+,32+,37+,38+,39+,40+/m0/s1. The van der Waals surface area contributed by atoms with Crippen LogP contribution in [0.4, 0.5) is 0 Å². The van der Waals surface area contributed by atoms with Gasteiger partial charge in [-0.15, -0.1) is 0 Å². The van der Waals surface area contributed by atoms with E-state index >= 15 is 0 Å². The molecule has 2 aliphatic heterocycles. The average Bonchev–Trinajstić information content (AvgIpc) is 3.47. The molecular weight excluding hydrogens is 640 g/mol. The highest BCUT2D eigenvalue weighted by molar-refractivity contribution is 5.99. The summed E-state index contributed by atoms with van der Waals surface area (Å²) >= 11 is 0. The monoisotopic (exact) mass is 686 g/mol. The summed E-state index contributed by atoms with van der Waals surface area (Å²) in [5.74, 6) is -3.46. The van der Waals surface area contributed by atoms with E-state index in [0.29, 0.717) is 33.4 Å². The molecule has 50 heavy (non-hydrogen) atoms. The Labute approximate surface area is 292 Å². The van der Waals surface area contributed by atoms with Gasteiger partial charge in [0, 0.05) is 70.0 Å². The smallest absolute Gasteiger partial charge is 0.335 e. The number of hydrogen-bond acceptors (Lipinski definition) is 10. The molecule has 0 aromatic heterocycles. The fourth-order valence-corrected chi connectivity index (χ4v) is 9.32. The molecule has 2 heterocycles. The predicted octanol–water partition coefficient (Wildman–Crippen LogP) is 5.86. The summed E-state index contributed by atoms with van der Waals surface area (Å²) in [4.78, 5) is 81.8. The zero-order valence-corrected chi connectivity index (χ0v) is 30.5. The zero-order valence-electron chi connectivity index (χ0n) is 30.5. The maximum atomic E-state index is 14.0. The molecule has 0 radical (unpaired) electrons. The predicted molar refractivity (Wildman–Crippen MR) is 181 cm³/mol. The van der Waals surface area contributed by atoms with Crippen molar-refractivity contribution in [1.82, 2.24) is 0 Å². The van der Waals surface area contributed by atoms with Gasteiger partial charge in [0.1, 0.15) is 12.2 Å². The third-order valence-corrected chi connectivity index (χ3v) is 13.0. The number of carbonyl (C=O) groups is 6. The number of fused-ring (bicyclic) bond motifs is 5. The van der Waals surface area contributed by atoms with Gasteiger partial charge in [-0.05, 0) is 65.5 Å². The van der Waals surface area contributed by atoms with Gasteiger partial charge in [0.2, 0.25) is 0 Å². The maximum Gasteiger partial charge on any atom is 0.335 e. The van der Waals surface area contributed by atoms with Crippen LogP contribution < -0.4 is 0 Å². The number of allylic oxidation sites excluding steroid dienone is 4. The zero-order chi connectivity index (χ0) is 36.9. The van der Waals surface area contributed by atoms with Crippen LogP contribution in [0.1, 0.15) is 94.9 Å². The molecule has 6 rings (SSSR count). The fraction of sp³-hybridized carbons (Fsp3) is 0.550. The molecule has 0 aromatic carbocycles. The summed E-state index contributed by atoms with van der Waals surface area (Å²) in [6, 6.07) is 0. The van der Waals surface area contributed by atoms with Crippen LogP contribution in [0.3, 0.4) is 0 Å². The molecule has 10 nitrogen and oxygen atoms in total. The molecule has 4 aliphatic carbocycles. The van der Waals surface area contributed by atoms with Crippen LogP contribution in [0.5, 0.6) is 0 Å². The Morgan fingerprint density at radius 2 is 1.04 bits per heavy atom. The Bertz CT molecular complexity index is 1730. The van der Waals surface area contributed by atoms with Crippen molar-refractivity contribution in [2.75, 3.05) is 0 Å². The van der Waals surface area contributed by atoms with Gasteiger partial charge in [-0.25, -0.2) is 19.2 Å². The van der Waals surface area contributed by atoms with Gasteiger partial charge >= 0.3 is 23.9 Å². The number of esters is 4. The highest BCUT2D eigenvalue weighted by Crippen LogP contribution is 2.69. The second kappa shape index (κ2) is 11.6. The Morgan fingerprint density at radius 3 is 1.36 bits per heavy atom. The molecule has 10 heteroatoms. The van der Waals surface area contributed by atoms with Gasteiger partial charge in [0.25, 0.3) is 0 Å². The summed E-state index contributed by atoms with van der Waals surface area (Å²) in [5, 5.41) is 0. The lowest BCUT2D eigenvalue weighted by Gasteiger charge is -2.61. The minimum absolute atomic E-state index is 0.0548. The lowest BCUT2D eigenvalue weighted by Crippen LogP contribution is -2.69. The maximum absolute atomic E-state index is 14.0. The third kappa shape index (κ3) is 4.51. The molecule has 0 bridgehead atoms. The molecule has 6 aliphatic rings. The van der Waals surface area contributed by atoms with Crippen LogP contribution in [0, 0.1) is 22.7 Å². The van der Waals surface area contributed by atoms with Crippen LogP contribution in [0.25, 0.3) is 0 Å². The number of carbonyl (C=O) groups excluding carboxylic acids is 6. The van der Waals surface area contributed by atoms with Crippen molar-refractivity contribution in [1.29, 1.82) is 0 Å². The highest BCUT2D eigenvalue weighted by atomic mass is 16.6. The van der Waals surface area contributed by atoms with Gasteiger partial charge in [-0.3, -0.25) is 9.59 Å². The molecular formula is C40H46O10. The van der Waals surface area contributed by atoms with E-state index in [2.05, 4.69) is 0 Å². The quantitative estimate of drug-likeness (QED) is 0.196. The van der Waals surface area contributed by atoms with Gasteiger partial charge in [0.15, 0.2) is 22.8 Å². The molecule has 0 spiro atoms. The molecule has 0 N–H and O–H groups in total. The van der Waals surface area contributed by atoms with E-state index in [1.807, 2.05) is 27.7 Å². The van der Waals surface area contributed by atoms with Crippen molar-refractivity contribution < 1.29 is 47.7 Å². The van der Waals surface area contributed by atoms with E-state index in [0.717, 1.165) is 0 Å². The summed E-state index contributed by atoms with van der Waals surface area (Å²) in [7, 11) is 0. The van der Waals surface area contributed by atoms with Gasteiger partial charge in [0.05, 0.1) is 0 Å². The Morgan fingerprint density at radius 1 is 0.700 bits per heavy atom. The molecule has 0 saturated heterocycles. The number of ketones is 2. The molecule has 0 amide bonds. The van der Waals surface area contributed by atoms with Crippen molar-refractivity contribution in [2.45, 2.75) is 118 Å². The number of ether oxygens (including phenoxy) is 4. The van der Waals surface area contributed by atoms with E-state index in [-0.39, 0.29) is 60.2 Å². The second-order valence-electron chi connectivity index (χ2n) is 15.4. The largest absolute Gasteiger partial charge is 0.453 e. The van der Waals surface area contributed by atoms with Crippen molar-refractivity contribution in [3.8, 4) is 0 Å². The molecule has 2 fully saturated rings. The summed E-state index contributed by atoms with van der Waals surface area (Å²) in [6.45, 7) is 17.6. The van der Waals surface area contributed by atoms with Crippen LogP contribution in [-0.4, -0.2) is 58.9 Å². The first-order chi connectivity index (χ1) is 23.3. The molecule has 2 saturated carbocycles. The first-order valence-electron chi connectivity index (χ1n) is 17.4. The second-order valence-corrected chi connectivity index (χ2v) is 15.4. The fourth-order valence-electron chi connectivity index (χ4n) is 9.32. The van der Waals surface area contributed by atoms with E-state index in [4.69, 9.17) is 18.9 Å². The van der Waals surface area contributed by atoms with Gasteiger partial charge < -0.3 is 18.9 Å². The van der Waals surface area contributed by atoms with Gasteiger partial charge in [-0.1, -0.05) is 51.0 Å². The van der Waals surface area contributed by atoms with Crippen LogP contribution >= 0.6 is 0 Å². The Balaban J connectivity index is 1.69. The highest BCUT2D eigenvalue weighted by Gasteiger charge is 2.77. The van der Waals surface area contributed by atoms with Crippen molar-refractivity contribution in [3.63, 3.8) is 0 Å². The minimum atomic E-state index is -1.82. The lowest BCUT2D eigenvalue weighted by atomic mass is 9.46. The van der Waals surface area contributed by atoms with Crippen molar-refractivity contribution >= 4 is 35.4 Å². The Kier molecular flexibility index (Phi) is 8.23. The topological polar surface area (TPSA) is 139 Å². The van der Waals surface area contributed by atoms with Crippen LogP contribution in [0.15, 0.2) is 68.9 Å². The Hall–Kier alpha value is -4.34. The van der Waals surface area contributed by atoms with E-state index < -0.39 is 58.1 Å². The normalized spacial score (nSPS) is 38.4. The number of hydrogen-bond donors (Lipinski definition) is 0. The number of rotatable bonds is 5. The van der Waals surface area contributed by atoms with Crippen LogP contribution in [-0.2, 0) is 47.7 Å². The molecule has 0 unspecified atom stereocenters. The summed E-state index contributed by atoms with van der Waals surface area (Å²) in [6.07, 6.45) is 4.42. The van der Waals surface area contributed by atoms with Crippen molar-refractivity contribution in [3.05, 3.63) is 68.9 Å². The lowest BCUT2D eigenvalue weighted by molar-refractivity contribution is -0.202. The first-order valence-corrected chi connectivity index (χ1v) is 17.4. The molecule has 8 atom stereocenters. The van der Waals surface area contributed by atoms with Crippen LogP contribution in [0.2, 0.25) is 0 Å². The molecule has 0 aromatic rings. The SMILES string of the molecule is C/C=C(/C)C(=O)O[C@@H]1C2=C(C)C(=O)O[C@]2([C@@]23CC4=CC(=O)C[C@H](C)[C@@]4(C)[C@H](OC(=O)/C(C)=C\C)C2=C(C)C(=O)O3)CC2=CC(=O)C[C@H](C)[C@]21C. The van der Waals surface area contributed by atoms with Gasteiger partial charge in [-0.2, -0.15) is 0 Å². The third-order valence-electron chi connectivity index (χ3n) is 13.0.